The molecule has 2 rings (SSSR count). The van der Waals surface area contributed by atoms with E-state index in [9.17, 15) is 12.8 Å². The second-order valence-electron chi connectivity index (χ2n) is 5.12. The summed E-state index contributed by atoms with van der Waals surface area (Å²) in [6.45, 7) is 2.15. The van der Waals surface area contributed by atoms with Gasteiger partial charge in [0.15, 0.2) is 5.11 Å². The second kappa shape index (κ2) is 7.69. The predicted octanol–water partition coefficient (Wildman–Crippen LogP) is 2.53. The Balaban J connectivity index is 2.04. The van der Waals surface area contributed by atoms with Gasteiger partial charge in [0, 0.05) is 12.2 Å². The fourth-order valence-electron chi connectivity index (χ4n) is 2.04. The zero-order valence-electron chi connectivity index (χ0n) is 13.3. The highest BCUT2D eigenvalue weighted by molar-refractivity contribution is 7.89. The van der Waals surface area contributed by atoms with Crippen molar-refractivity contribution in [2.75, 3.05) is 12.4 Å². The van der Waals surface area contributed by atoms with E-state index in [-0.39, 0.29) is 10.7 Å². The maximum atomic E-state index is 12.9. The highest BCUT2D eigenvalue weighted by atomic mass is 32.2. The van der Waals surface area contributed by atoms with Crippen LogP contribution in [0, 0.1) is 12.7 Å². The monoisotopic (exact) mass is 367 g/mol. The molecule has 5 nitrogen and oxygen atoms in total. The zero-order chi connectivity index (χ0) is 17.7. The maximum Gasteiger partial charge on any atom is 0.240 e. The smallest absolute Gasteiger partial charge is 0.240 e. The van der Waals surface area contributed by atoms with Crippen LogP contribution >= 0.6 is 12.2 Å². The van der Waals surface area contributed by atoms with Gasteiger partial charge in [-0.2, -0.15) is 0 Å². The number of thiocarbonyl (C=S) groups is 1. The zero-order valence-corrected chi connectivity index (χ0v) is 14.9. The van der Waals surface area contributed by atoms with Crippen LogP contribution in [0.25, 0.3) is 0 Å². The van der Waals surface area contributed by atoms with Gasteiger partial charge in [-0.3, -0.25) is 0 Å². The van der Waals surface area contributed by atoms with E-state index in [1.165, 1.54) is 25.2 Å². The van der Waals surface area contributed by atoms with E-state index in [4.69, 9.17) is 12.2 Å². The summed E-state index contributed by atoms with van der Waals surface area (Å²) in [7, 11) is -2.17. The van der Waals surface area contributed by atoms with Crippen LogP contribution in [0.15, 0.2) is 47.4 Å². The Morgan fingerprint density at radius 1 is 1.17 bits per heavy atom. The van der Waals surface area contributed by atoms with Crippen LogP contribution in [0.1, 0.15) is 11.1 Å². The van der Waals surface area contributed by atoms with Gasteiger partial charge in [0.1, 0.15) is 5.82 Å². The van der Waals surface area contributed by atoms with Crippen molar-refractivity contribution < 1.29 is 12.8 Å². The SMILES string of the molecule is CNS(=O)(=O)c1cc(NC(=S)NCc2ccc(F)cc2)ccc1C. The molecule has 0 radical (unpaired) electrons. The number of nitrogens with one attached hydrogen (secondary N) is 3. The van der Waals surface area contributed by atoms with Crippen molar-refractivity contribution in [3.05, 3.63) is 59.4 Å². The Morgan fingerprint density at radius 2 is 1.83 bits per heavy atom. The van der Waals surface area contributed by atoms with Gasteiger partial charge in [-0.05, 0) is 61.6 Å². The Labute approximate surface area is 146 Å². The average molecular weight is 367 g/mol. The molecule has 0 aliphatic carbocycles. The summed E-state index contributed by atoms with van der Waals surface area (Å²) in [6.07, 6.45) is 0. The first kappa shape index (κ1) is 18.3. The van der Waals surface area contributed by atoms with Crippen molar-refractivity contribution in [3.8, 4) is 0 Å². The van der Waals surface area contributed by atoms with Gasteiger partial charge in [0.05, 0.1) is 4.90 Å². The number of hydrogen-bond donors (Lipinski definition) is 3. The van der Waals surface area contributed by atoms with Crippen molar-refractivity contribution in [1.82, 2.24) is 10.0 Å². The van der Waals surface area contributed by atoms with Crippen molar-refractivity contribution in [2.45, 2.75) is 18.4 Å². The van der Waals surface area contributed by atoms with E-state index in [1.807, 2.05) is 0 Å². The molecule has 24 heavy (non-hydrogen) atoms. The Bertz CT molecular complexity index is 837. The molecule has 0 bridgehead atoms. The number of aryl methyl sites for hydroxylation is 1. The lowest BCUT2D eigenvalue weighted by atomic mass is 10.2. The van der Waals surface area contributed by atoms with Crippen LogP contribution in [0.2, 0.25) is 0 Å². The fourth-order valence-corrected chi connectivity index (χ4v) is 3.22. The predicted molar refractivity (Wildman–Crippen MR) is 96.9 cm³/mol. The largest absolute Gasteiger partial charge is 0.358 e. The maximum absolute atomic E-state index is 12.9. The third kappa shape index (κ3) is 4.73. The topological polar surface area (TPSA) is 70.2 Å². The summed E-state index contributed by atoms with van der Waals surface area (Å²) in [4.78, 5) is 0.191. The molecule has 0 heterocycles. The summed E-state index contributed by atoms with van der Waals surface area (Å²) in [5.41, 5.74) is 2.08. The van der Waals surface area contributed by atoms with E-state index in [0.717, 1.165) is 5.56 Å². The van der Waals surface area contributed by atoms with E-state index >= 15 is 0 Å². The highest BCUT2D eigenvalue weighted by Crippen LogP contribution is 2.19. The summed E-state index contributed by atoms with van der Waals surface area (Å²) < 4.78 is 39.1. The molecule has 0 unspecified atom stereocenters. The lowest BCUT2D eigenvalue weighted by Crippen LogP contribution is -2.28. The Morgan fingerprint density at radius 3 is 2.46 bits per heavy atom. The van der Waals surface area contributed by atoms with Gasteiger partial charge < -0.3 is 10.6 Å². The van der Waals surface area contributed by atoms with Gasteiger partial charge in [0.2, 0.25) is 10.0 Å². The molecule has 0 saturated carbocycles. The van der Waals surface area contributed by atoms with E-state index in [2.05, 4.69) is 15.4 Å². The van der Waals surface area contributed by atoms with E-state index in [1.54, 1.807) is 31.2 Å². The van der Waals surface area contributed by atoms with Gasteiger partial charge in [-0.1, -0.05) is 18.2 Å². The van der Waals surface area contributed by atoms with Crippen LogP contribution in [0.3, 0.4) is 0 Å². The van der Waals surface area contributed by atoms with Crippen molar-refractivity contribution >= 4 is 33.0 Å². The van der Waals surface area contributed by atoms with E-state index in [0.29, 0.717) is 22.9 Å². The first-order valence-electron chi connectivity index (χ1n) is 7.15. The lowest BCUT2D eigenvalue weighted by Gasteiger charge is -2.13. The molecule has 0 fully saturated rings. The minimum atomic E-state index is -3.54. The van der Waals surface area contributed by atoms with Crippen LogP contribution in [0.4, 0.5) is 10.1 Å². The molecule has 0 aromatic heterocycles. The van der Waals surface area contributed by atoms with Crippen LogP contribution in [-0.4, -0.2) is 20.6 Å². The van der Waals surface area contributed by atoms with Crippen molar-refractivity contribution in [1.29, 1.82) is 0 Å². The number of anilines is 1. The molecule has 0 saturated heterocycles. The summed E-state index contributed by atoms with van der Waals surface area (Å²) in [5.74, 6) is -0.294. The normalized spacial score (nSPS) is 11.1. The summed E-state index contributed by atoms with van der Waals surface area (Å²) in [5, 5.41) is 6.27. The second-order valence-corrected chi connectivity index (χ2v) is 7.39. The van der Waals surface area contributed by atoms with Crippen LogP contribution in [-0.2, 0) is 16.6 Å². The summed E-state index contributed by atoms with van der Waals surface area (Å²) in [6, 6.07) is 11.0. The standard InChI is InChI=1S/C16H18FN3O2S2/c1-11-3-8-14(9-15(11)24(21,22)18-2)20-16(23)19-10-12-4-6-13(17)7-5-12/h3-9,18H,10H2,1-2H3,(H2,19,20,23). The average Bonchev–Trinajstić information content (AvgIpc) is 2.56. The minimum absolute atomic E-state index is 0.191. The minimum Gasteiger partial charge on any atom is -0.358 e. The quantitative estimate of drug-likeness (QED) is 0.709. The third-order valence-corrected chi connectivity index (χ3v) is 5.17. The third-order valence-electron chi connectivity index (χ3n) is 3.37. The molecular weight excluding hydrogens is 349 g/mol. The lowest BCUT2D eigenvalue weighted by molar-refractivity contribution is 0.587. The molecule has 0 spiro atoms. The molecular formula is C16H18FN3O2S2. The first-order valence-corrected chi connectivity index (χ1v) is 9.04. The Kier molecular flexibility index (Phi) is 5.87. The summed E-state index contributed by atoms with van der Waals surface area (Å²) >= 11 is 5.20. The molecule has 0 amide bonds. The molecule has 0 atom stereocenters. The fraction of sp³-hybridized carbons (Fsp3) is 0.188. The van der Waals surface area contributed by atoms with Crippen LogP contribution in [0.5, 0.6) is 0 Å². The molecule has 0 aliphatic rings. The number of sulfonamides is 1. The number of hydrogen-bond acceptors (Lipinski definition) is 3. The number of halogens is 1. The van der Waals surface area contributed by atoms with Crippen LogP contribution < -0.4 is 15.4 Å². The van der Waals surface area contributed by atoms with Crippen molar-refractivity contribution in [2.24, 2.45) is 0 Å². The molecule has 0 aliphatic heterocycles. The van der Waals surface area contributed by atoms with Crippen molar-refractivity contribution in [3.63, 3.8) is 0 Å². The molecule has 128 valence electrons. The first-order chi connectivity index (χ1) is 11.3. The van der Waals surface area contributed by atoms with Gasteiger partial charge >= 0.3 is 0 Å². The van der Waals surface area contributed by atoms with Gasteiger partial charge in [-0.25, -0.2) is 17.5 Å². The van der Waals surface area contributed by atoms with Gasteiger partial charge in [0.25, 0.3) is 0 Å². The number of rotatable bonds is 5. The highest BCUT2D eigenvalue weighted by Gasteiger charge is 2.15. The molecule has 8 heteroatoms. The molecule has 2 aromatic rings. The van der Waals surface area contributed by atoms with E-state index < -0.39 is 10.0 Å². The molecule has 3 N–H and O–H groups in total. The number of benzene rings is 2. The molecule has 2 aromatic carbocycles. The van der Waals surface area contributed by atoms with Gasteiger partial charge in [-0.15, -0.1) is 0 Å². The Hall–Kier alpha value is -2.03.